The number of rotatable bonds is 6. The van der Waals surface area contributed by atoms with Gasteiger partial charge >= 0.3 is 6.03 Å². The normalized spacial score (nSPS) is 14.4. The summed E-state index contributed by atoms with van der Waals surface area (Å²) in [7, 11) is 1.56. The zero-order valence-corrected chi connectivity index (χ0v) is 16.0. The number of anilines is 3. The summed E-state index contributed by atoms with van der Waals surface area (Å²) in [6.07, 6.45) is 2.26. The van der Waals surface area contributed by atoms with Gasteiger partial charge in [0.15, 0.2) is 0 Å². The van der Waals surface area contributed by atoms with Crippen LogP contribution >= 0.6 is 0 Å². The minimum absolute atomic E-state index is 0.0147. The number of nitrogens with one attached hydrogen (secondary N) is 3. The molecule has 0 aliphatic carbocycles. The van der Waals surface area contributed by atoms with E-state index in [1.165, 1.54) is 0 Å². The summed E-state index contributed by atoms with van der Waals surface area (Å²) in [6.45, 7) is 4.41. The van der Waals surface area contributed by atoms with Crippen molar-refractivity contribution in [2.75, 3.05) is 55.3 Å². The molecule has 2 heterocycles. The number of carbonyl (C=O) groups is 2. The van der Waals surface area contributed by atoms with E-state index in [4.69, 9.17) is 0 Å². The average molecular weight is 382 g/mol. The molecule has 0 spiro atoms. The van der Waals surface area contributed by atoms with Gasteiger partial charge in [-0.05, 0) is 36.4 Å². The van der Waals surface area contributed by atoms with Gasteiger partial charge in [0.2, 0.25) is 5.91 Å². The van der Waals surface area contributed by atoms with E-state index in [9.17, 15) is 9.59 Å². The number of carbonyl (C=O) groups excluding carboxylic acids is 2. The summed E-state index contributed by atoms with van der Waals surface area (Å²) in [5.41, 5.74) is 1.38. The lowest BCUT2D eigenvalue weighted by Crippen LogP contribution is -2.47. The van der Waals surface area contributed by atoms with Gasteiger partial charge < -0.3 is 20.9 Å². The second kappa shape index (κ2) is 9.70. The van der Waals surface area contributed by atoms with Crippen LogP contribution in [0.2, 0.25) is 0 Å². The third-order valence-corrected chi connectivity index (χ3v) is 4.65. The van der Waals surface area contributed by atoms with Gasteiger partial charge in [-0.1, -0.05) is 6.07 Å². The van der Waals surface area contributed by atoms with Gasteiger partial charge in [-0.25, -0.2) is 9.78 Å². The molecule has 3 amide bonds. The SMILES string of the molecule is CNC(=O)Nc1ccc(NC(=O)CCN2CCN(c3ccccn3)CC2)cc1. The second-order valence-electron chi connectivity index (χ2n) is 6.60. The van der Waals surface area contributed by atoms with Crippen molar-refractivity contribution in [3.05, 3.63) is 48.7 Å². The Bertz CT molecular complexity index is 773. The van der Waals surface area contributed by atoms with Crippen molar-refractivity contribution in [2.45, 2.75) is 6.42 Å². The number of benzene rings is 1. The van der Waals surface area contributed by atoms with Crippen LogP contribution in [0.25, 0.3) is 0 Å². The van der Waals surface area contributed by atoms with Gasteiger partial charge in [-0.15, -0.1) is 0 Å². The topological polar surface area (TPSA) is 89.6 Å². The van der Waals surface area contributed by atoms with Crippen LogP contribution in [0.15, 0.2) is 48.7 Å². The monoisotopic (exact) mass is 382 g/mol. The predicted molar refractivity (Wildman–Crippen MR) is 111 cm³/mol. The molecule has 28 heavy (non-hydrogen) atoms. The molecule has 1 aliphatic heterocycles. The molecular formula is C20H26N6O2. The van der Waals surface area contributed by atoms with Crippen LogP contribution < -0.4 is 20.9 Å². The summed E-state index contributed by atoms with van der Waals surface area (Å²) in [5.74, 6) is 0.994. The zero-order valence-electron chi connectivity index (χ0n) is 16.0. The van der Waals surface area contributed by atoms with Crippen LogP contribution in [0.5, 0.6) is 0 Å². The van der Waals surface area contributed by atoms with Crippen LogP contribution in [0, 0.1) is 0 Å². The fourth-order valence-electron chi connectivity index (χ4n) is 3.06. The summed E-state index contributed by atoms with van der Waals surface area (Å²) < 4.78 is 0. The van der Waals surface area contributed by atoms with E-state index in [0.29, 0.717) is 17.8 Å². The van der Waals surface area contributed by atoms with E-state index in [1.807, 2.05) is 24.4 Å². The van der Waals surface area contributed by atoms with Crippen molar-refractivity contribution in [2.24, 2.45) is 0 Å². The molecule has 1 saturated heterocycles. The average Bonchev–Trinajstić information content (AvgIpc) is 2.74. The van der Waals surface area contributed by atoms with E-state index >= 15 is 0 Å². The van der Waals surface area contributed by atoms with Crippen LogP contribution in [0.4, 0.5) is 22.0 Å². The van der Waals surface area contributed by atoms with E-state index in [1.54, 1.807) is 31.3 Å². The number of aromatic nitrogens is 1. The quantitative estimate of drug-likeness (QED) is 0.711. The van der Waals surface area contributed by atoms with Crippen molar-refractivity contribution >= 4 is 29.1 Å². The van der Waals surface area contributed by atoms with Crippen molar-refractivity contribution in [1.82, 2.24) is 15.2 Å². The standard InChI is InChI=1S/C20H26N6O2/c1-21-20(28)24-17-7-5-16(6-8-17)23-19(27)9-11-25-12-14-26(15-13-25)18-4-2-3-10-22-18/h2-8,10H,9,11-15H2,1H3,(H,23,27)(H2,21,24,28). The summed E-state index contributed by atoms with van der Waals surface area (Å²) in [6, 6.07) is 12.7. The van der Waals surface area contributed by atoms with Gasteiger partial charge in [-0.2, -0.15) is 0 Å². The summed E-state index contributed by atoms with van der Waals surface area (Å²) in [5, 5.41) is 8.06. The molecule has 1 fully saturated rings. The Morgan fingerprint density at radius 1 is 0.964 bits per heavy atom. The van der Waals surface area contributed by atoms with Gasteiger partial charge in [0.05, 0.1) is 0 Å². The predicted octanol–water partition coefficient (Wildman–Crippen LogP) is 1.98. The molecule has 0 radical (unpaired) electrons. The number of urea groups is 1. The Hall–Kier alpha value is -3.13. The maximum absolute atomic E-state index is 12.2. The highest BCUT2D eigenvalue weighted by Gasteiger charge is 2.18. The Labute approximate surface area is 164 Å². The molecule has 148 valence electrons. The van der Waals surface area contributed by atoms with Gasteiger partial charge in [0.25, 0.3) is 0 Å². The number of pyridine rings is 1. The molecule has 3 rings (SSSR count). The Kier molecular flexibility index (Phi) is 6.80. The first-order valence-corrected chi connectivity index (χ1v) is 9.41. The molecule has 0 bridgehead atoms. The van der Waals surface area contributed by atoms with Crippen molar-refractivity contribution in [3.8, 4) is 0 Å². The highest BCUT2D eigenvalue weighted by molar-refractivity contribution is 5.92. The second-order valence-corrected chi connectivity index (χ2v) is 6.60. The molecule has 2 aromatic rings. The first-order chi connectivity index (χ1) is 13.6. The van der Waals surface area contributed by atoms with Gasteiger partial charge in [0, 0.05) is 63.8 Å². The van der Waals surface area contributed by atoms with Crippen LogP contribution in [-0.2, 0) is 4.79 Å². The van der Waals surface area contributed by atoms with E-state index in [-0.39, 0.29) is 11.9 Å². The Morgan fingerprint density at radius 2 is 1.64 bits per heavy atom. The largest absolute Gasteiger partial charge is 0.354 e. The molecular weight excluding hydrogens is 356 g/mol. The van der Waals surface area contributed by atoms with Crippen LogP contribution in [0.3, 0.4) is 0 Å². The van der Waals surface area contributed by atoms with Crippen molar-refractivity contribution in [3.63, 3.8) is 0 Å². The van der Waals surface area contributed by atoms with Crippen LogP contribution in [-0.4, -0.2) is 61.6 Å². The van der Waals surface area contributed by atoms with E-state index in [0.717, 1.165) is 38.5 Å². The Balaban J connectivity index is 1.38. The molecule has 1 aromatic carbocycles. The molecule has 1 aliphatic rings. The van der Waals surface area contributed by atoms with E-state index in [2.05, 4.69) is 30.7 Å². The number of nitrogens with zero attached hydrogens (tertiary/aromatic N) is 3. The summed E-state index contributed by atoms with van der Waals surface area (Å²) >= 11 is 0. The molecule has 1 aromatic heterocycles. The fourth-order valence-corrected chi connectivity index (χ4v) is 3.06. The molecule has 8 heteroatoms. The number of hydrogen-bond donors (Lipinski definition) is 3. The lowest BCUT2D eigenvalue weighted by Gasteiger charge is -2.35. The lowest BCUT2D eigenvalue weighted by molar-refractivity contribution is -0.116. The molecule has 3 N–H and O–H groups in total. The number of hydrogen-bond acceptors (Lipinski definition) is 5. The maximum Gasteiger partial charge on any atom is 0.318 e. The van der Waals surface area contributed by atoms with Crippen LogP contribution in [0.1, 0.15) is 6.42 Å². The first-order valence-electron chi connectivity index (χ1n) is 9.41. The third kappa shape index (κ3) is 5.68. The van der Waals surface area contributed by atoms with E-state index < -0.39 is 0 Å². The molecule has 0 unspecified atom stereocenters. The minimum Gasteiger partial charge on any atom is -0.354 e. The van der Waals surface area contributed by atoms with Gasteiger partial charge in [0.1, 0.15) is 5.82 Å². The maximum atomic E-state index is 12.2. The van der Waals surface area contributed by atoms with Gasteiger partial charge in [-0.3, -0.25) is 9.69 Å². The van der Waals surface area contributed by atoms with Crippen molar-refractivity contribution in [1.29, 1.82) is 0 Å². The number of piperazine rings is 1. The lowest BCUT2D eigenvalue weighted by atomic mass is 10.2. The minimum atomic E-state index is -0.278. The molecule has 0 saturated carbocycles. The first kappa shape index (κ1) is 19.6. The summed E-state index contributed by atoms with van der Waals surface area (Å²) in [4.78, 5) is 32.5. The zero-order chi connectivity index (χ0) is 19.8. The number of amides is 3. The smallest absolute Gasteiger partial charge is 0.318 e. The fraction of sp³-hybridized carbons (Fsp3) is 0.350. The third-order valence-electron chi connectivity index (χ3n) is 4.65. The van der Waals surface area contributed by atoms with Crippen molar-refractivity contribution < 1.29 is 9.59 Å². The highest BCUT2D eigenvalue weighted by atomic mass is 16.2. The highest BCUT2D eigenvalue weighted by Crippen LogP contribution is 2.15. The molecule has 8 nitrogen and oxygen atoms in total. The molecule has 0 atom stereocenters. The Morgan fingerprint density at radius 3 is 2.25 bits per heavy atom.